The molecule has 0 aromatic heterocycles. The first kappa shape index (κ1) is 14.3. The van der Waals surface area contributed by atoms with E-state index in [-0.39, 0.29) is 12.4 Å². The number of halogens is 1. The van der Waals surface area contributed by atoms with Crippen molar-refractivity contribution in [2.24, 2.45) is 17.1 Å². The highest BCUT2D eigenvalue weighted by Crippen LogP contribution is 2.36. The van der Waals surface area contributed by atoms with Crippen molar-refractivity contribution in [2.75, 3.05) is 18.0 Å². The van der Waals surface area contributed by atoms with Gasteiger partial charge in [-0.3, -0.25) is 0 Å². The van der Waals surface area contributed by atoms with Crippen LogP contribution in [0.15, 0.2) is 18.2 Å². The topological polar surface area (TPSA) is 29.3 Å². The first-order valence-electron chi connectivity index (χ1n) is 7.16. The molecule has 0 unspecified atom stereocenters. The molecular formula is C16H25FN2. The van der Waals surface area contributed by atoms with E-state index in [1.165, 1.54) is 18.9 Å². The van der Waals surface area contributed by atoms with Crippen molar-refractivity contribution in [3.8, 4) is 0 Å². The molecule has 0 amide bonds. The second kappa shape index (κ2) is 5.49. The lowest BCUT2D eigenvalue weighted by atomic mass is 9.75. The molecule has 1 heterocycles. The van der Waals surface area contributed by atoms with E-state index in [4.69, 9.17) is 5.73 Å². The van der Waals surface area contributed by atoms with E-state index in [1.54, 1.807) is 6.07 Å². The summed E-state index contributed by atoms with van der Waals surface area (Å²) in [6.45, 7) is 9.18. The minimum atomic E-state index is -0.182. The van der Waals surface area contributed by atoms with Crippen molar-refractivity contribution < 1.29 is 4.39 Å². The number of anilines is 1. The molecule has 1 aromatic carbocycles. The predicted molar refractivity (Wildman–Crippen MR) is 78.7 cm³/mol. The van der Waals surface area contributed by atoms with Crippen LogP contribution < -0.4 is 10.6 Å². The number of rotatable bonds is 2. The Balaban J connectivity index is 2.12. The van der Waals surface area contributed by atoms with Gasteiger partial charge in [0.05, 0.1) is 0 Å². The van der Waals surface area contributed by atoms with E-state index in [1.807, 2.05) is 6.07 Å². The van der Waals surface area contributed by atoms with Crippen LogP contribution in [0.5, 0.6) is 0 Å². The van der Waals surface area contributed by atoms with Gasteiger partial charge in [-0.1, -0.05) is 26.8 Å². The highest BCUT2D eigenvalue weighted by Gasteiger charge is 2.29. The summed E-state index contributed by atoms with van der Waals surface area (Å²) in [4.78, 5) is 2.29. The van der Waals surface area contributed by atoms with Crippen LogP contribution in [0.3, 0.4) is 0 Å². The highest BCUT2D eigenvalue weighted by atomic mass is 19.1. The van der Waals surface area contributed by atoms with E-state index in [0.717, 1.165) is 24.7 Å². The van der Waals surface area contributed by atoms with E-state index in [9.17, 15) is 4.39 Å². The zero-order valence-electron chi connectivity index (χ0n) is 12.2. The third-order valence-electron chi connectivity index (χ3n) is 4.36. The third-order valence-corrected chi connectivity index (χ3v) is 4.36. The number of nitrogens with zero attached hydrogens (tertiary/aromatic N) is 1. The minimum absolute atomic E-state index is 0.182. The van der Waals surface area contributed by atoms with Crippen molar-refractivity contribution in [3.05, 3.63) is 29.6 Å². The Morgan fingerprint density at radius 3 is 2.42 bits per heavy atom. The minimum Gasteiger partial charge on any atom is -0.371 e. The average molecular weight is 264 g/mol. The summed E-state index contributed by atoms with van der Waals surface area (Å²) in [7, 11) is 0. The summed E-state index contributed by atoms with van der Waals surface area (Å²) < 4.78 is 13.8. The number of benzene rings is 1. The van der Waals surface area contributed by atoms with Gasteiger partial charge in [-0.25, -0.2) is 4.39 Å². The van der Waals surface area contributed by atoms with Crippen LogP contribution in [0.25, 0.3) is 0 Å². The molecule has 0 saturated carbocycles. The Bertz CT molecular complexity index is 429. The van der Waals surface area contributed by atoms with E-state index < -0.39 is 0 Å². The zero-order valence-corrected chi connectivity index (χ0v) is 12.2. The number of hydrogen-bond acceptors (Lipinski definition) is 2. The molecule has 1 aromatic rings. The lowest BCUT2D eigenvalue weighted by molar-refractivity contribution is 0.199. The van der Waals surface area contributed by atoms with Crippen molar-refractivity contribution in [3.63, 3.8) is 0 Å². The second-order valence-corrected chi connectivity index (χ2v) is 6.57. The number of nitrogens with two attached hydrogens (primary N) is 1. The molecule has 0 aliphatic carbocycles. The van der Waals surface area contributed by atoms with Crippen molar-refractivity contribution >= 4 is 5.69 Å². The monoisotopic (exact) mass is 264 g/mol. The molecule has 1 aliphatic heterocycles. The highest BCUT2D eigenvalue weighted by molar-refractivity contribution is 5.54. The number of piperidine rings is 1. The van der Waals surface area contributed by atoms with Crippen LogP contribution in [0.2, 0.25) is 0 Å². The average Bonchev–Trinajstić information content (AvgIpc) is 2.37. The standard InChI is InChI=1S/C16H25FN2/c1-16(2,3)12-7-9-19(10-8-12)15-6-4-5-14(17)13(15)11-18/h4-6,12H,7-11,18H2,1-3H3. The van der Waals surface area contributed by atoms with Crippen LogP contribution in [-0.4, -0.2) is 13.1 Å². The quantitative estimate of drug-likeness (QED) is 0.885. The Labute approximate surface area is 115 Å². The normalized spacial score (nSPS) is 17.8. The summed E-state index contributed by atoms with van der Waals surface area (Å²) in [5.74, 6) is 0.566. The smallest absolute Gasteiger partial charge is 0.129 e. The SMILES string of the molecule is CC(C)(C)C1CCN(c2cccc(F)c2CN)CC1. The molecule has 0 radical (unpaired) electrons. The molecule has 1 saturated heterocycles. The maximum absolute atomic E-state index is 13.8. The fourth-order valence-corrected chi connectivity index (χ4v) is 3.03. The molecule has 0 atom stereocenters. The molecule has 2 nitrogen and oxygen atoms in total. The molecule has 2 rings (SSSR count). The van der Waals surface area contributed by atoms with Crippen LogP contribution in [-0.2, 0) is 6.54 Å². The van der Waals surface area contributed by atoms with Gasteiger partial charge < -0.3 is 10.6 Å². The van der Waals surface area contributed by atoms with Crippen LogP contribution in [0.4, 0.5) is 10.1 Å². The van der Waals surface area contributed by atoms with Crippen LogP contribution in [0, 0.1) is 17.2 Å². The third kappa shape index (κ3) is 3.08. The summed E-state index contributed by atoms with van der Waals surface area (Å²) in [6, 6.07) is 5.26. The lowest BCUT2D eigenvalue weighted by Gasteiger charge is -2.40. The second-order valence-electron chi connectivity index (χ2n) is 6.57. The molecular weight excluding hydrogens is 239 g/mol. The van der Waals surface area contributed by atoms with Crippen molar-refractivity contribution in [2.45, 2.75) is 40.2 Å². The Hall–Kier alpha value is -1.09. The largest absolute Gasteiger partial charge is 0.371 e. The van der Waals surface area contributed by atoms with Gasteiger partial charge in [-0.15, -0.1) is 0 Å². The van der Waals surface area contributed by atoms with Crippen molar-refractivity contribution in [1.82, 2.24) is 0 Å². The molecule has 2 N–H and O–H groups in total. The van der Waals surface area contributed by atoms with E-state index >= 15 is 0 Å². The molecule has 3 heteroatoms. The maximum Gasteiger partial charge on any atom is 0.129 e. The fourth-order valence-electron chi connectivity index (χ4n) is 3.03. The summed E-state index contributed by atoms with van der Waals surface area (Å²) in [5.41, 5.74) is 7.68. The first-order chi connectivity index (χ1) is 8.93. The summed E-state index contributed by atoms with van der Waals surface area (Å²) in [6.07, 6.45) is 2.34. The van der Waals surface area contributed by atoms with Gasteiger partial charge in [0.25, 0.3) is 0 Å². The zero-order chi connectivity index (χ0) is 14.0. The molecule has 0 bridgehead atoms. The molecule has 1 fully saturated rings. The Morgan fingerprint density at radius 2 is 1.89 bits per heavy atom. The van der Waals surface area contributed by atoms with Gasteiger partial charge in [0.1, 0.15) is 5.82 Å². The lowest BCUT2D eigenvalue weighted by Crippen LogP contribution is -2.38. The van der Waals surface area contributed by atoms with Gasteiger partial charge in [0.2, 0.25) is 0 Å². The van der Waals surface area contributed by atoms with Gasteiger partial charge in [-0.2, -0.15) is 0 Å². The maximum atomic E-state index is 13.8. The van der Waals surface area contributed by atoms with Gasteiger partial charge in [0, 0.05) is 30.9 Å². The van der Waals surface area contributed by atoms with E-state index in [2.05, 4.69) is 25.7 Å². The summed E-state index contributed by atoms with van der Waals surface area (Å²) in [5, 5.41) is 0. The molecule has 19 heavy (non-hydrogen) atoms. The van der Waals surface area contributed by atoms with E-state index in [0.29, 0.717) is 11.0 Å². The molecule has 1 aliphatic rings. The van der Waals surface area contributed by atoms with Crippen LogP contribution >= 0.6 is 0 Å². The predicted octanol–water partition coefficient (Wildman–Crippen LogP) is 3.55. The number of hydrogen-bond donors (Lipinski definition) is 1. The summed E-state index contributed by atoms with van der Waals surface area (Å²) >= 11 is 0. The Morgan fingerprint density at radius 1 is 1.26 bits per heavy atom. The fraction of sp³-hybridized carbons (Fsp3) is 0.625. The first-order valence-corrected chi connectivity index (χ1v) is 7.16. The van der Waals surface area contributed by atoms with Crippen LogP contribution in [0.1, 0.15) is 39.2 Å². The van der Waals surface area contributed by atoms with Gasteiger partial charge >= 0.3 is 0 Å². The van der Waals surface area contributed by atoms with Gasteiger partial charge in [0.15, 0.2) is 0 Å². The Kier molecular flexibility index (Phi) is 4.14. The van der Waals surface area contributed by atoms with Gasteiger partial charge in [-0.05, 0) is 36.3 Å². The molecule has 106 valence electrons. The van der Waals surface area contributed by atoms with Crippen molar-refractivity contribution in [1.29, 1.82) is 0 Å². The molecule has 0 spiro atoms.